The molecule has 4 nitrogen and oxygen atoms in total. The SMILES string of the molecule is CNC(=O)CCN1CCCC(C)(CO)C1. The zero-order chi connectivity index (χ0) is 11.3. The summed E-state index contributed by atoms with van der Waals surface area (Å²) in [4.78, 5) is 13.4. The Kier molecular flexibility index (Phi) is 4.54. The van der Waals surface area contributed by atoms with Crippen LogP contribution in [-0.2, 0) is 4.79 Å². The first kappa shape index (κ1) is 12.5. The lowest BCUT2D eigenvalue weighted by Gasteiger charge is -2.39. The molecule has 0 aromatic rings. The molecule has 1 unspecified atom stereocenters. The average Bonchev–Trinajstić information content (AvgIpc) is 2.26. The van der Waals surface area contributed by atoms with Gasteiger partial charge in [0.1, 0.15) is 0 Å². The number of hydrogen-bond acceptors (Lipinski definition) is 3. The van der Waals surface area contributed by atoms with Crippen LogP contribution in [-0.4, -0.2) is 49.2 Å². The Balaban J connectivity index is 2.33. The third-order valence-electron chi connectivity index (χ3n) is 3.18. The van der Waals surface area contributed by atoms with Crippen molar-refractivity contribution in [3.8, 4) is 0 Å². The molecule has 0 aromatic carbocycles. The van der Waals surface area contributed by atoms with E-state index in [-0.39, 0.29) is 17.9 Å². The number of piperidine rings is 1. The first-order valence-corrected chi connectivity index (χ1v) is 5.63. The van der Waals surface area contributed by atoms with Gasteiger partial charge in [0, 0.05) is 38.6 Å². The molecular formula is C11H22N2O2. The predicted octanol–water partition coefficient (Wildman–Crippen LogP) is 0.217. The van der Waals surface area contributed by atoms with Gasteiger partial charge in [-0.05, 0) is 19.4 Å². The molecular weight excluding hydrogens is 192 g/mol. The van der Waals surface area contributed by atoms with Gasteiger partial charge in [-0.15, -0.1) is 0 Å². The molecule has 0 aromatic heterocycles. The standard InChI is InChI=1S/C11H22N2O2/c1-11(9-14)5-3-6-13(8-11)7-4-10(15)12-2/h14H,3-9H2,1-2H3,(H,12,15). The van der Waals surface area contributed by atoms with Crippen molar-refractivity contribution in [1.29, 1.82) is 0 Å². The highest BCUT2D eigenvalue weighted by Crippen LogP contribution is 2.28. The Labute approximate surface area is 91.6 Å². The van der Waals surface area contributed by atoms with Crippen molar-refractivity contribution in [2.24, 2.45) is 5.41 Å². The Morgan fingerprint density at radius 2 is 2.33 bits per heavy atom. The summed E-state index contributed by atoms with van der Waals surface area (Å²) in [7, 11) is 1.66. The molecule has 15 heavy (non-hydrogen) atoms. The van der Waals surface area contributed by atoms with Crippen molar-refractivity contribution in [3.05, 3.63) is 0 Å². The monoisotopic (exact) mass is 214 g/mol. The van der Waals surface area contributed by atoms with Gasteiger partial charge in [0.25, 0.3) is 0 Å². The average molecular weight is 214 g/mol. The number of nitrogens with one attached hydrogen (secondary N) is 1. The fraction of sp³-hybridized carbons (Fsp3) is 0.909. The van der Waals surface area contributed by atoms with Gasteiger partial charge in [-0.1, -0.05) is 6.92 Å². The Hall–Kier alpha value is -0.610. The summed E-state index contributed by atoms with van der Waals surface area (Å²) in [6.07, 6.45) is 2.75. The second-order valence-electron chi connectivity index (χ2n) is 4.77. The van der Waals surface area contributed by atoms with Gasteiger partial charge in [0.2, 0.25) is 5.91 Å². The van der Waals surface area contributed by atoms with E-state index >= 15 is 0 Å². The van der Waals surface area contributed by atoms with Gasteiger partial charge >= 0.3 is 0 Å². The normalized spacial score (nSPS) is 27.7. The van der Waals surface area contributed by atoms with Crippen LogP contribution in [0.25, 0.3) is 0 Å². The lowest BCUT2D eigenvalue weighted by atomic mass is 9.83. The molecule has 0 spiro atoms. The molecule has 1 aliphatic heterocycles. The molecule has 0 saturated carbocycles. The van der Waals surface area contributed by atoms with Crippen LogP contribution in [0.15, 0.2) is 0 Å². The number of rotatable bonds is 4. The van der Waals surface area contributed by atoms with Crippen molar-refractivity contribution < 1.29 is 9.90 Å². The lowest BCUT2D eigenvalue weighted by Crippen LogP contribution is -2.44. The smallest absolute Gasteiger partial charge is 0.221 e. The van der Waals surface area contributed by atoms with Gasteiger partial charge in [-0.3, -0.25) is 4.79 Å². The highest BCUT2D eigenvalue weighted by Gasteiger charge is 2.30. The van der Waals surface area contributed by atoms with Crippen molar-refractivity contribution in [1.82, 2.24) is 10.2 Å². The first-order chi connectivity index (χ1) is 7.09. The molecule has 1 atom stereocenters. The highest BCUT2D eigenvalue weighted by molar-refractivity contribution is 5.75. The lowest BCUT2D eigenvalue weighted by molar-refractivity contribution is -0.121. The zero-order valence-corrected chi connectivity index (χ0v) is 9.75. The van der Waals surface area contributed by atoms with Crippen LogP contribution in [0.4, 0.5) is 0 Å². The van der Waals surface area contributed by atoms with Crippen LogP contribution in [0.5, 0.6) is 0 Å². The largest absolute Gasteiger partial charge is 0.396 e. The van der Waals surface area contributed by atoms with Crippen LogP contribution in [0.2, 0.25) is 0 Å². The summed E-state index contributed by atoms with van der Waals surface area (Å²) >= 11 is 0. The van der Waals surface area contributed by atoms with Gasteiger partial charge in [-0.25, -0.2) is 0 Å². The van der Waals surface area contributed by atoms with E-state index in [9.17, 15) is 9.90 Å². The number of carbonyl (C=O) groups excluding carboxylic acids is 1. The third-order valence-corrected chi connectivity index (χ3v) is 3.18. The maximum atomic E-state index is 11.1. The maximum Gasteiger partial charge on any atom is 0.221 e. The van der Waals surface area contributed by atoms with Crippen LogP contribution in [0.3, 0.4) is 0 Å². The number of aliphatic hydroxyl groups excluding tert-OH is 1. The Bertz CT molecular complexity index is 221. The zero-order valence-electron chi connectivity index (χ0n) is 9.75. The summed E-state index contributed by atoms with van der Waals surface area (Å²) < 4.78 is 0. The van der Waals surface area contributed by atoms with Crippen molar-refractivity contribution in [2.75, 3.05) is 33.3 Å². The molecule has 1 saturated heterocycles. The van der Waals surface area contributed by atoms with Crippen molar-refractivity contribution in [2.45, 2.75) is 26.2 Å². The quantitative estimate of drug-likeness (QED) is 0.704. The van der Waals surface area contributed by atoms with Gasteiger partial charge < -0.3 is 15.3 Å². The number of amides is 1. The summed E-state index contributed by atoms with van der Waals surface area (Å²) in [6.45, 7) is 5.10. The summed E-state index contributed by atoms with van der Waals surface area (Å²) in [5.74, 6) is 0.0891. The van der Waals surface area contributed by atoms with Gasteiger partial charge in [-0.2, -0.15) is 0 Å². The molecule has 0 radical (unpaired) electrons. The van der Waals surface area contributed by atoms with Gasteiger partial charge in [0.15, 0.2) is 0 Å². The molecule has 1 amide bonds. The molecule has 1 heterocycles. The molecule has 1 fully saturated rings. The molecule has 1 aliphatic rings. The fourth-order valence-corrected chi connectivity index (χ4v) is 2.13. The first-order valence-electron chi connectivity index (χ1n) is 5.63. The van der Waals surface area contributed by atoms with E-state index < -0.39 is 0 Å². The Morgan fingerprint density at radius 3 is 2.93 bits per heavy atom. The minimum Gasteiger partial charge on any atom is -0.396 e. The van der Waals surface area contributed by atoms with Crippen LogP contribution in [0.1, 0.15) is 26.2 Å². The van der Waals surface area contributed by atoms with Gasteiger partial charge in [0.05, 0.1) is 0 Å². The van der Waals surface area contributed by atoms with E-state index in [0.29, 0.717) is 6.42 Å². The molecule has 88 valence electrons. The molecule has 4 heteroatoms. The maximum absolute atomic E-state index is 11.1. The minimum absolute atomic E-state index is 0.0287. The Morgan fingerprint density at radius 1 is 1.60 bits per heavy atom. The molecule has 0 bridgehead atoms. The third kappa shape index (κ3) is 3.80. The molecule has 0 aliphatic carbocycles. The van der Waals surface area contributed by atoms with Crippen molar-refractivity contribution in [3.63, 3.8) is 0 Å². The molecule has 1 rings (SSSR count). The minimum atomic E-state index is 0.0287. The fourth-order valence-electron chi connectivity index (χ4n) is 2.13. The van der Waals surface area contributed by atoms with E-state index in [1.807, 2.05) is 0 Å². The number of nitrogens with zero attached hydrogens (tertiary/aromatic N) is 1. The number of aliphatic hydroxyl groups is 1. The number of hydrogen-bond donors (Lipinski definition) is 2. The van der Waals surface area contributed by atoms with E-state index in [4.69, 9.17) is 0 Å². The summed E-state index contributed by atoms with van der Waals surface area (Å²) in [5.41, 5.74) is 0.0287. The molecule has 2 N–H and O–H groups in total. The highest BCUT2D eigenvalue weighted by atomic mass is 16.3. The van der Waals surface area contributed by atoms with Crippen LogP contribution in [0, 0.1) is 5.41 Å². The topological polar surface area (TPSA) is 52.6 Å². The van der Waals surface area contributed by atoms with Crippen LogP contribution >= 0.6 is 0 Å². The second-order valence-corrected chi connectivity index (χ2v) is 4.77. The summed E-state index contributed by atoms with van der Waals surface area (Å²) in [6, 6.07) is 0. The van der Waals surface area contributed by atoms with E-state index in [1.54, 1.807) is 7.05 Å². The predicted molar refractivity (Wildman–Crippen MR) is 59.6 cm³/mol. The van der Waals surface area contributed by atoms with Crippen LogP contribution < -0.4 is 5.32 Å². The number of likely N-dealkylation sites (tertiary alicyclic amines) is 1. The second kappa shape index (κ2) is 5.47. The number of carbonyl (C=O) groups is 1. The van der Waals surface area contributed by atoms with E-state index in [0.717, 1.165) is 32.5 Å². The van der Waals surface area contributed by atoms with E-state index in [1.165, 1.54) is 0 Å². The van der Waals surface area contributed by atoms with E-state index in [2.05, 4.69) is 17.1 Å². The summed E-state index contributed by atoms with van der Waals surface area (Å²) in [5, 5.41) is 11.9. The van der Waals surface area contributed by atoms with Crippen molar-refractivity contribution >= 4 is 5.91 Å².